The Morgan fingerprint density at radius 3 is 2.87 bits per heavy atom. The van der Waals surface area contributed by atoms with Crippen LogP contribution in [0.25, 0.3) is 0 Å². The second-order valence-electron chi connectivity index (χ2n) is 6.04. The van der Waals surface area contributed by atoms with Crippen LogP contribution < -0.4 is 0 Å². The lowest BCUT2D eigenvalue weighted by Gasteiger charge is -2.35. The molecule has 1 amide bonds. The van der Waals surface area contributed by atoms with Gasteiger partial charge in [-0.3, -0.25) is 4.98 Å². The predicted octanol–water partition coefficient (Wildman–Crippen LogP) is 4.25. The van der Waals surface area contributed by atoms with E-state index in [1.165, 1.54) is 0 Å². The number of aromatic nitrogens is 1. The van der Waals surface area contributed by atoms with E-state index in [4.69, 9.17) is 4.74 Å². The Labute approximate surface area is 137 Å². The molecule has 0 radical (unpaired) electrons. The Hall–Kier alpha value is -2.36. The fourth-order valence-electron chi connectivity index (χ4n) is 3.06. The minimum absolute atomic E-state index is 0.0689. The van der Waals surface area contributed by atoms with E-state index >= 15 is 0 Å². The quantitative estimate of drug-likeness (QED) is 0.851. The maximum absolute atomic E-state index is 12.5. The molecule has 2 aromatic rings. The summed E-state index contributed by atoms with van der Waals surface area (Å²) in [4.78, 5) is 18.6. The summed E-state index contributed by atoms with van der Waals surface area (Å²) in [5.74, 6) is 0. The number of ether oxygens (including phenoxy) is 1. The summed E-state index contributed by atoms with van der Waals surface area (Å²) in [7, 11) is 0. The summed E-state index contributed by atoms with van der Waals surface area (Å²) in [6.07, 6.45) is 6.58. The van der Waals surface area contributed by atoms with E-state index < -0.39 is 0 Å². The number of piperidine rings is 1. The van der Waals surface area contributed by atoms with E-state index in [1.807, 2.05) is 54.5 Å². The molecule has 4 nitrogen and oxygen atoms in total. The monoisotopic (exact) mass is 310 g/mol. The number of hydrogen-bond donors (Lipinski definition) is 0. The largest absolute Gasteiger partial charge is 0.445 e. The molecule has 0 N–H and O–H groups in total. The van der Waals surface area contributed by atoms with Crippen LogP contribution in [0.3, 0.4) is 0 Å². The molecule has 0 saturated carbocycles. The first kappa shape index (κ1) is 15.5. The highest BCUT2D eigenvalue weighted by molar-refractivity contribution is 5.68. The molecule has 0 spiro atoms. The molecule has 3 rings (SSSR count). The van der Waals surface area contributed by atoms with Gasteiger partial charge < -0.3 is 9.64 Å². The maximum atomic E-state index is 12.5. The van der Waals surface area contributed by atoms with Crippen LogP contribution >= 0.6 is 0 Å². The fraction of sp³-hybridized carbons (Fsp3) is 0.368. The van der Waals surface area contributed by atoms with Crippen molar-refractivity contribution in [3.8, 4) is 0 Å². The molecule has 4 heteroatoms. The Kier molecular flexibility index (Phi) is 4.91. The first-order valence-corrected chi connectivity index (χ1v) is 8.13. The Bertz CT molecular complexity index is 657. The number of pyridine rings is 1. The summed E-state index contributed by atoms with van der Waals surface area (Å²) < 4.78 is 5.52. The lowest BCUT2D eigenvalue weighted by atomic mass is 9.96. The third-order valence-electron chi connectivity index (χ3n) is 4.22. The zero-order chi connectivity index (χ0) is 16.1. The smallest absolute Gasteiger partial charge is 0.410 e. The second-order valence-corrected chi connectivity index (χ2v) is 6.04. The van der Waals surface area contributed by atoms with Crippen molar-refractivity contribution in [1.29, 1.82) is 0 Å². The van der Waals surface area contributed by atoms with Gasteiger partial charge in [-0.15, -0.1) is 0 Å². The van der Waals surface area contributed by atoms with Crippen molar-refractivity contribution in [3.63, 3.8) is 0 Å². The fourth-order valence-corrected chi connectivity index (χ4v) is 3.06. The number of carbonyl (C=O) groups is 1. The highest BCUT2D eigenvalue weighted by atomic mass is 16.6. The summed E-state index contributed by atoms with van der Waals surface area (Å²) in [5.41, 5.74) is 3.22. The van der Waals surface area contributed by atoms with Crippen molar-refractivity contribution in [3.05, 3.63) is 65.5 Å². The standard InChI is InChI=1S/C19H22N2O2/c1-15-11-17(13-20-12-15)18-9-5-6-10-21(18)19(22)23-14-16-7-3-2-4-8-16/h2-4,7-8,11-13,18H,5-6,9-10,14H2,1H3/t18-/m1/s1. The average molecular weight is 310 g/mol. The zero-order valence-electron chi connectivity index (χ0n) is 13.4. The van der Waals surface area contributed by atoms with Gasteiger partial charge >= 0.3 is 6.09 Å². The summed E-state index contributed by atoms with van der Waals surface area (Å²) in [6.45, 7) is 3.08. The lowest BCUT2D eigenvalue weighted by Crippen LogP contribution is -2.38. The summed E-state index contributed by atoms with van der Waals surface area (Å²) >= 11 is 0. The second kappa shape index (κ2) is 7.27. The number of carbonyl (C=O) groups excluding carboxylic acids is 1. The third-order valence-corrected chi connectivity index (χ3v) is 4.22. The van der Waals surface area contributed by atoms with E-state index in [2.05, 4.69) is 11.1 Å². The van der Waals surface area contributed by atoms with E-state index in [-0.39, 0.29) is 12.1 Å². The van der Waals surface area contributed by atoms with Crippen LogP contribution in [-0.2, 0) is 11.3 Å². The van der Waals surface area contributed by atoms with Crippen LogP contribution in [0.15, 0.2) is 48.8 Å². The molecule has 1 aliphatic rings. The highest BCUT2D eigenvalue weighted by Gasteiger charge is 2.29. The first-order chi connectivity index (χ1) is 11.2. The molecule has 0 bridgehead atoms. The number of amides is 1. The summed E-state index contributed by atoms with van der Waals surface area (Å²) in [6, 6.07) is 12.0. The Balaban J connectivity index is 1.69. The van der Waals surface area contributed by atoms with Crippen molar-refractivity contribution < 1.29 is 9.53 Å². The van der Waals surface area contributed by atoms with Gasteiger partial charge in [0.15, 0.2) is 0 Å². The van der Waals surface area contributed by atoms with Gasteiger partial charge in [0.2, 0.25) is 0 Å². The Morgan fingerprint density at radius 2 is 2.09 bits per heavy atom. The SMILES string of the molecule is Cc1cncc([C@H]2CCCCN2C(=O)OCc2ccccc2)c1. The van der Waals surface area contributed by atoms with Crippen molar-refractivity contribution in [2.24, 2.45) is 0 Å². The van der Waals surface area contributed by atoms with E-state index in [1.54, 1.807) is 0 Å². The van der Waals surface area contributed by atoms with Gasteiger partial charge in [0, 0.05) is 18.9 Å². The highest BCUT2D eigenvalue weighted by Crippen LogP contribution is 2.31. The normalized spacial score (nSPS) is 17.8. The van der Waals surface area contributed by atoms with Gasteiger partial charge in [-0.25, -0.2) is 4.79 Å². The van der Waals surface area contributed by atoms with Crippen molar-refractivity contribution in [2.45, 2.75) is 38.8 Å². The number of benzene rings is 1. The molecule has 1 aromatic heterocycles. The molecule has 23 heavy (non-hydrogen) atoms. The molecule has 2 heterocycles. The van der Waals surface area contributed by atoms with Crippen LogP contribution in [0.1, 0.15) is 42.0 Å². The van der Waals surface area contributed by atoms with Gasteiger partial charge in [-0.2, -0.15) is 0 Å². The molecule has 0 aliphatic carbocycles. The van der Waals surface area contributed by atoms with Crippen molar-refractivity contribution in [2.75, 3.05) is 6.54 Å². The van der Waals surface area contributed by atoms with Gasteiger partial charge in [0.1, 0.15) is 6.61 Å². The number of hydrogen-bond acceptors (Lipinski definition) is 3. The van der Waals surface area contributed by atoms with Gasteiger partial charge in [0.05, 0.1) is 6.04 Å². The van der Waals surface area contributed by atoms with Crippen LogP contribution in [0, 0.1) is 6.92 Å². The molecule has 1 saturated heterocycles. The number of nitrogens with zero attached hydrogens (tertiary/aromatic N) is 2. The van der Waals surface area contributed by atoms with E-state index in [0.717, 1.165) is 42.5 Å². The van der Waals surface area contributed by atoms with E-state index in [9.17, 15) is 4.79 Å². The number of rotatable bonds is 3. The zero-order valence-corrected chi connectivity index (χ0v) is 13.4. The topological polar surface area (TPSA) is 42.4 Å². The minimum Gasteiger partial charge on any atom is -0.445 e. The van der Waals surface area contributed by atoms with Crippen molar-refractivity contribution >= 4 is 6.09 Å². The van der Waals surface area contributed by atoms with Crippen LogP contribution in [0.5, 0.6) is 0 Å². The first-order valence-electron chi connectivity index (χ1n) is 8.13. The van der Waals surface area contributed by atoms with Crippen LogP contribution in [-0.4, -0.2) is 22.5 Å². The van der Waals surface area contributed by atoms with E-state index in [0.29, 0.717) is 6.61 Å². The molecule has 120 valence electrons. The number of likely N-dealkylation sites (tertiary alicyclic amines) is 1. The molecular weight excluding hydrogens is 288 g/mol. The summed E-state index contributed by atoms with van der Waals surface area (Å²) in [5, 5.41) is 0. The van der Waals surface area contributed by atoms with Crippen LogP contribution in [0.2, 0.25) is 0 Å². The molecular formula is C19H22N2O2. The predicted molar refractivity (Wildman–Crippen MR) is 88.9 cm³/mol. The minimum atomic E-state index is -0.236. The maximum Gasteiger partial charge on any atom is 0.410 e. The number of aryl methyl sites for hydroxylation is 1. The molecule has 1 atom stereocenters. The van der Waals surface area contributed by atoms with Gasteiger partial charge in [0.25, 0.3) is 0 Å². The molecule has 0 unspecified atom stereocenters. The third kappa shape index (κ3) is 3.89. The lowest BCUT2D eigenvalue weighted by molar-refractivity contribution is 0.0678. The van der Waals surface area contributed by atoms with Crippen molar-refractivity contribution in [1.82, 2.24) is 9.88 Å². The van der Waals surface area contributed by atoms with Crippen LogP contribution in [0.4, 0.5) is 4.79 Å². The van der Waals surface area contributed by atoms with Gasteiger partial charge in [-0.1, -0.05) is 36.4 Å². The Morgan fingerprint density at radius 1 is 1.26 bits per heavy atom. The molecule has 1 fully saturated rings. The molecule has 1 aliphatic heterocycles. The van der Waals surface area contributed by atoms with Gasteiger partial charge in [-0.05, 0) is 42.9 Å². The average Bonchev–Trinajstić information content (AvgIpc) is 2.60. The molecule has 1 aromatic carbocycles.